The zero-order valence-corrected chi connectivity index (χ0v) is 24.6. The number of carbonyl (C=O) groups excluding carboxylic acids is 3. The summed E-state index contributed by atoms with van der Waals surface area (Å²) >= 11 is 23.3. The van der Waals surface area contributed by atoms with Gasteiger partial charge in [0.25, 0.3) is 0 Å². The van der Waals surface area contributed by atoms with Gasteiger partial charge in [0.05, 0.1) is 5.56 Å². The quantitative estimate of drug-likeness (QED) is 0.149. The maximum Gasteiger partial charge on any atom is 0.335 e. The van der Waals surface area contributed by atoms with E-state index < -0.39 is 5.97 Å². The van der Waals surface area contributed by atoms with Gasteiger partial charge in [-0.25, -0.2) is 4.79 Å². The van der Waals surface area contributed by atoms with Crippen LogP contribution in [-0.2, 0) is 13.0 Å². The van der Waals surface area contributed by atoms with Crippen LogP contribution in [0.1, 0.15) is 59.0 Å². The summed E-state index contributed by atoms with van der Waals surface area (Å²) in [6.07, 6.45) is 2.35. The van der Waals surface area contributed by atoms with Crippen LogP contribution in [-0.4, -0.2) is 29.4 Å². The van der Waals surface area contributed by atoms with Crippen LogP contribution in [0.15, 0.2) is 84.9 Å². The van der Waals surface area contributed by atoms with E-state index in [-0.39, 0.29) is 11.3 Å². The molecule has 3 N–H and O–H groups in total. The fourth-order valence-corrected chi connectivity index (χ4v) is 4.24. The molecule has 0 saturated heterocycles. The van der Waals surface area contributed by atoms with E-state index in [0.29, 0.717) is 62.5 Å². The van der Waals surface area contributed by atoms with E-state index in [1.54, 1.807) is 48.5 Å². The summed E-state index contributed by atoms with van der Waals surface area (Å²) < 4.78 is 0. The zero-order chi connectivity index (χ0) is 30.4. The molecule has 0 fully saturated rings. The number of aryl methyl sites for hydroxylation is 1. The van der Waals surface area contributed by atoms with Crippen molar-refractivity contribution >= 4 is 70.7 Å². The summed E-state index contributed by atoms with van der Waals surface area (Å²) in [5, 5.41) is 10.9. The maximum atomic E-state index is 12.0. The molecule has 0 aromatic heterocycles. The number of hydrogen-bond donors (Lipinski definition) is 2. The number of carbonyl (C=O) groups is 4. The summed E-state index contributed by atoms with van der Waals surface area (Å²) in [6, 6.07) is 22.9. The number of benzene rings is 4. The Morgan fingerprint density at radius 1 is 0.659 bits per heavy atom. The minimum atomic E-state index is -0.984. The molecule has 6 nitrogen and oxygen atoms in total. The topological polar surface area (TPSA) is 115 Å². The van der Waals surface area contributed by atoms with Crippen LogP contribution in [0, 0.1) is 0 Å². The largest absolute Gasteiger partial charge is 0.478 e. The first kappa shape index (κ1) is 33.7. The van der Waals surface area contributed by atoms with E-state index in [1.165, 1.54) is 24.3 Å². The Balaban J connectivity index is 0.000000236. The van der Waals surface area contributed by atoms with E-state index in [2.05, 4.69) is 0 Å². The normalized spacial score (nSPS) is 9.88. The van der Waals surface area contributed by atoms with E-state index >= 15 is 0 Å². The number of ketones is 1. The smallest absolute Gasteiger partial charge is 0.335 e. The highest BCUT2D eigenvalue weighted by Crippen LogP contribution is 2.23. The molecule has 4 aromatic carbocycles. The fourth-order valence-electron chi connectivity index (χ4n) is 3.26. The number of carboxylic acid groups (broad SMARTS) is 1. The molecule has 10 heteroatoms. The van der Waals surface area contributed by atoms with Gasteiger partial charge in [0.2, 0.25) is 0 Å². The highest BCUT2D eigenvalue weighted by Gasteiger charge is 2.08. The summed E-state index contributed by atoms with van der Waals surface area (Å²) in [7, 11) is 0. The van der Waals surface area contributed by atoms with Crippen LogP contribution in [0.25, 0.3) is 0 Å². The van der Waals surface area contributed by atoms with Gasteiger partial charge in [0.1, 0.15) is 12.6 Å². The number of aromatic carboxylic acids is 1. The van der Waals surface area contributed by atoms with E-state index in [0.717, 1.165) is 17.4 Å². The van der Waals surface area contributed by atoms with Crippen molar-refractivity contribution in [1.82, 2.24) is 0 Å². The SMILES string of the molecule is NCc1ccc(Cl)cc1Cl.O=Cc1ccc(C(=O)CCc2ccc(Cl)cc2Cl)cc1.O=Cc1ccc(C(=O)O)cc1. The maximum absolute atomic E-state index is 12.0. The van der Waals surface area contributed by atoms with Crippen molar-refractivity contribution in [2.24, 2.45) is 5.73 Å². The number of aldehydes is 2. The van der Waals surface area contributed by atoms with Gasteiger partial charge in [-0.1, -0.05) is 94.9 Å². The molecule has 0 aliphatic rings. The number of carboxylic acids is 1. The molecule has 4 rings (SSSR count). The van der Waals surface area contributed by atoms with Crippen LogP contribution in [0.3, 0.4) is 0 Å². The first-order valence-electron chi connectivity index (χ1n) is 12.0. The summed E-state index contributed by atoms with van der Waals surface area (Å²) in [5.41, 5.74) is 9.02. The molecule has 41 heavy (non-hydrogen) atoms. The number of nitrogens with two attached hydrogens (primary N) is 1. The second-order valence-electron chi connectivity index (χ2n) is 8.38. The molecule has 4 aromatic rings. The molecule has 0 radical (unpaired) electrons. The van der Waals surface area contributed by atoms with Crippen LogP contribution >= 0.6 is 46.4 Å². The third kappa shape index (κ3) is 11.5. The molecule has 0 saturated carbocycles. The molecule has 0 aliphatic carbocycles. The van der Waals surface area contributed by atoms with Crippen LogP contribution in [0.5, 0.6) is 0 Å². The average Bonchev–Trinajstić information content (AvgIpc) is 2.97. The Labute approximate surface area is 257 Å². The molecule has 0 heterocycles. The van der Waals surface area contributed by atoms with Crippen molar-refractivity contribution in [3.8, 4) is 0 Å². The Hall–Kier alpha value is -3.52. The van der Waals surface area contributed by atoms with Gasteiger partial charge in [-0.15, -0.1) is 0 Å². The van der Waals surface area contributed by atoms with Crippen LogP contribution in [0.2, 0.25) is 20.1 Å². The van der Waals surface area contributed by atoms with Gasteiger partial charge in [0, 0.05) is 49.7 Å². The third-order valence-electron chi connectivity index (χ3n) is 5.53. The van der Waals surface area contributed by atoms with Gasteiger partial charge in [-0.2, -0.15) is 0 Å². The lowest BCUT2D eigenvalue weighted by molar-refractivity contribution is 0.0696. The van der Waals surface area contributed by atoms with Gasteiger partial charge >= 0.3 is 5.97 Å². The summed E-state index contributed by atoms with van der Waals surface area (Å²) in [5.74, 6) is -0.962. The molecule has 212 valence electrons. The molecular formula is C31H25Cl4NO5. The predicted octanol–water partition coefficient (Wildman–Crippen LogP) is 8.27. The number of rotatable bonds is 8. The van der Waals surface area contributed by atoms with Gasteiger partial charge < -0.3 is 10.8 Å². The Morgan fingerprint density at radius 3 is 1.49 bits per heavy atom. The van der Waals surface area contributed by atoms with E-state index in [9.17, 15) is 19.2 Å². The minimum absolute atomic E-state index is 0.0217. The Morgan fingerprint density at radius 2 is 1.10 bits per heavy atom. The highest BCUT2D eigenvalue weighted by molar-refractivity contribution is 6.35. The molecule has 0 aliphatic heterocycles. The molecular weight excluding hydrogens is 608 g/mol. The van der Waals surface area contributed by atoms with Gasteiger partial charge in [0.15, 0.2) is 5.78 Å². The van der Waals surface area contributed by atoms with Gasteiger partial charge in [-0.05, 0) is 53.9 Å². The molecule has 0 amide bonds. The standard InChI is InChI=1S/C16H12Cl2O2.C8H6O3.C7H7Cl2N/c17-14-7-5-12(15(18)9-14)6-8-16(20)13-3-1-11(10-19)2-4-13;9-5-6-1-3-7(4-2-6)8(10)11;8-6-2-1-5(4-10)7(9)3-6/h1-5,7,9-10H,6,8H2;1-5H,(H,10,11);1-3H,4,10H2. The third-order valence-corrected chi connectivity index (χ3v) is 6.71. The lowest BCUT2D eigenvalue weighted by Gasteiger charge is -2.05. The average molecular weight is 633 g/mol. The minimum Gasteiger partial charge on any atom is -0.478 e. The number of hydrogen-bond acceptors (Lipinski definition) is 5. The zero-order valence-electron chi connectivity index (χ0n) is 21.5. The van der Waals surface area contributed by atoms with E-state index in [4.69, 9.17) is 57.2 Å². The first-order chi connectivity index (χ1) is 19.6. The van der Waals surface area contributed by atoms with Crippen molar-refractivity contribution in [2.75, 3.05) is 0 Å². The number of halogens is 4. The fraction of sp³-hybridized carbons (Fsp3) is 0.0968. The second kappa shape index (κ2) is 17.3. The predicted molar refractivity (Wildman–Crippen MR) is 164 cm³/mol. The Bertz CT molecular complexity index is 1490. The van der Waals surface area contributed by atoms with Crippen LogP contribution < -0.4 is 5.73 Å². The highest BCUT2D eigenvalue weighted by atomic mass is 35.5. The lowest BCUT2D eigenvalue weighted by Crippen LogP contribution is -2.01. The Kier molecular flexibility index (Phi) is 14.2. The molecule has 0 atom stereocenters. The summed E-state index contributed by atoms with van der Waals surface area (Å²) in [4.78, 5) is 43.0. The van der Waals surface area contributed by atoms with Crippen molar-refractivity contribution in [3.63, 3.8) is 0 Å². The van der Waals surface area contributed by atoms with Gasteiger partial charge in [-0.3, -0.25) is 14.4 Å². The van der Waals surface area contributed by atoms with Crippen molar-refractivity contribution in [1.29, 1.82) is 0 Å². The van der Waals surface area contributed by atoms with Crippen molar-refractivity contribution in [2.45, 2.75) is 19.4 Å². The second-order valence-corrected chi connectivity index (χ2v) is 10.1. The summed E-state index contributed by atoms with van der Waals surface area (Å²) in [6.45, 7) is 0.454. The molecule has 0 spiro atoms. The van der Waals surface area contributed by atoms with Crippen LogP contribution in [0.4, 0.5) is 0 Å². The van der Waals surface area contributed by atoms with E-state index in [1.807, 2.05) is 12.1 Å². The lowest BCUT2D eigenvalue weighted by atomic mass is 10.0. The first-order valence-corrected chi connectivity index (χ1v) is 13.5. The molecule has 0 unspecified atom stereocenters. The van der Waals surface area contributed by atoms with Crippen molar-refractivity contribution in [3.05, 3.63) is 138 Å². The van der Waals surface area contributed by atoms with Crippen molar-refractivity contribution < 1.29 is 24.3 Å². The monoisotopic (exact) mass is 631 g/mol. The number of Topliss-reactive ketones (excluding diaryl/α,β-unsaturated/α-hetero) is 1. The molecule has 0 bridgehead atoms.